The van der Waals surface area contributed by atoms with Crippen molar-refractivity contribution in [2.24, 2.45) is 4.99 Å². The highest BCUT2D eigenvalue weighted by molar-refractivity contribution is 14.0. The average molecular weight is 485 g/mol. The molecule has 2 heterocycles. The number of fused-ring (bicyclic) bond motifs is 1. The maximum absolute atomic E-state index is 12.6. The van der Waals surface area contributed by atoms with E-state index in [1.165, 1.54) is 6.07 Å². The van der Waals surface area contributed by atoms with Gasteiger partial charge < -0.3 is 29.6 Å². The zero-order valence-corrected chi connectivity index (χ0v) is 16.6. The van der Waals surface area contributed by atoms with Gasteiger partial charge in [0.05, 0.1) is 6.10 Å². The van der Waals surface area contributed by atoms with Crippen LogP contribution in [0.4, 0.5) is 8.78 Å². The molecule has 1 atom stereocenters. The van der Waals surface area contributed by atoms with Gasteiger partial charge in [-0.3, -0.25) is 4.99 Å². The van der Waals surface area contributed by atoms with E-state index in [4.69, 9.17) is 14.2 Å². The molecule has 1 aromatic carbocycles. The maximum Gasteiger partial charge on any atom is 0.387 e. The van der Waals surface area contributed by atoms with E-state index < -0.39 is 6.61 Å². The molecule has 1 fully saturated rings. The molecule has 1 saturated heterocycles. The number of halogens is 3. The van der Waals surface area contributed by atoms with E-state index in [1.54, 1.807) is 13.1 Å². The summed E-state index contributed by atoms with van der Waals surface area (Å²) in [5.41, 5.74) is 0.518. The lowest BCUT2D eigenvalue weighted by Gasteiger charge is -2.16. The number of ether oxygens (including phenoxy) is 4. The van der Waals surface area contributed by atoms with Crippen molar-refractivity contribution in [3.05, 3.63) is 17.7 Å². The standard InChI is InChI=1S/C16H21F2N3O4.HI/c1-19-16(21-8-11-3-2-4-22-11)20-7-10-5-13-14(24-9-23-13)6-12(10)25-15(17)18;/h5-6,11,15H,2-4,7-9H2,1H3,(H2,19,20,21);1H. The first-order chi connectivity index (χ1) is 12.2. The topological polar surface area (TPSA) is 73.3 Å². The molecule has 1 unspecified atom stereocenters. The molecule has 0 radical (unpaired) electrons. The van der Waals surface area contributed by atoms with Gasteiger partial charge in [-0.2, -0.15) is 8.78 Å². The van der Waals surface area contributed by atoms with Crippen molar-refractivity contribution in [2.75, 3.05) is 27.0 Å². The third-order valence-corrected chi connectivity index (χ3v) is 3.96. The van der Waals surface area contributed by atoms with Gasteiger partial charge in [-0.25, -0.2) is 0 Å². The maximum atomic E-state index is 12.6. The molecule has 1 aromatic rings. The zero-order valence-electron chi connectivity index (χ0n) is 14.3. The van der Waals surface area contributed by atoms with Crippen LogP contribution in [0.15, 0.2) is 17.1 Å². The minimum Gasteiger partial charge on any atom is -0.454 e. The number of guanidine groups is 1. The van der Waals surface area contributed by atoms with Crippen molar-refractivity contribution in [3.63, 3.8) is 0 Å². The van der Waals surface area contributed by atoms with Crippen LogP contribution in [0.25, 0.3) is 0 Å². The Bertz CT molecular complexity index is 628. The summed E-state index contributed by atoms with van der Waals surface area (Å²) in [4.78, 5) is 4.12. The second-order valence-corrected chi connectivity index (χ2v) is 5.63. The van der Waals surface area contributed by atoms with Crippen molar-refractivity contribution in [1.29, 1.82) is 0 Å². The molecule has 0 aliphatic carbocycles. The lowest BCUT2D eigenvalue weighted by Crippen LogP contribution is -2.40. The van der Waals surface area contributed by atoms with Crippen molar-refractivity contribution in [1.82, 2.24) is 10.6 Å². The van der Waals surface area contributed by atoms with Crippen LogP contribution < -0.4 is 24.8 Å². The number of alkyl halides is 2. The minimum absolute atomic E-state index is 0. The molecule has 0 aromatic heterocycles. The van der Waals surface area contributed by atoms with Crippen LogP contribution in [0, 0.1) is 0 Å². The van der Waals surface area contributed by atoms with Gasteiger partial charge in [0.1, 0.15) is 5.75 Å². The van der Waals surface area contributed by atoms with Crippen LogP contribution >= 0.6 is 24.0 Å². The average Bonchev–Trinajstić information content (AvgIpc) is 3.25. The smallest absolute Gasteiger partial charge is 0.387 e. The summed E-state index contributed by atoms with van der Waals surface area (Å²) in [6, 6.07) is 3.04. The fourth-order valence-corrected chi connectivity index (χ4v) is 2.72. The highest BCUT2D eigenvalue weighted by Gasteiger charge is 2.20. The minimum atomic E-state index is -2.92. The van der Waals surface area contributed by atoms with Crippen molar-refractivity contribution < 1.29 is 27.7 Å². The van der Waals surface area contributed by atoms with Gasteiger partial charge in [0.15, 0.2) is 17.5 Å². The van der Waals surface area contributed by atoms with Crippen molar-refractivity contribution in [3.8, 4) is 17.2 Å². The van der Waals surface area contributed by atoms with Gasteiger partial charge in [0, 0.05) is 38.4 Å². The van der Waals surface area contributed by atoms with Crippen molar-refractivity contribution in [2.45, 2.75) is 32.1 Å². The molecule has 0 spiro atoms. The predicted molar refractivity (Wildman–Crippen MR) is 102 cm³/mol. The Morgan fingerprint density at radius 1 is 1.31 bits per heavy atom. The lowest BCUT2D eigenvalue weighted by atomic mass is 10.1. The van der Waals surface area contributed by atoms with E-state index in [9.17, 15) is 8.78 Å². The monoisotopic (exact) mass is 485 g/mol. The molecule has 7 nitrogen and oxygen atoms in total. The Morgan fingerprint density at radius 2 is 2.08 bits per heavy atom. The zero-order chi connectivity index (χ0) is 17.6. The van der Waals surface area contributed by atoms with Gasteiger partial charge in [-0.05, 0) is 18.9 Å². The third kappa shape index (κ3) is 5.47. The summed E-state index contributed by atoms with van der Waals surface area (Å²) in [6.07, 6.45) is 2.24. The van der Waals surface area contributed by atoms with E-state index in [0.29, 0.717) is 29.6 Å². The summed E-state index contributed by atoms with van der Waals surface area (Å²) in [5, 5.41) is 6.24. The molecular formula is C16H22F2IN3O4. The second kappa shape index (κ2) is 9.95. The summed E-state index contributed by atoms with van der Waals surface area (Å²) in [7, 11) is 1.64. The first kappa shape index (κ1) is 20.7. The quantitative estimate of drug-likeness (QED) is 0.367. The predicted octanol–water partition coefficient (Wildman–Crippen LogP) is 2.48. The largest absolute Gasteiger partial charge is 0.454 e. The normalized spacial score (nSPS) is 18.6. The fraction of sp³-hybridized carbons (Fsp3) is 0.562. The van der Waals surface area contributed by atoms with E-state index in [-0.39, 0.29) is 49.2 Å². The summed E-state index contributed by atoms with van der Waals surface area (Å²) in [6.45, 7) is -1.20. The number of nitrogens with zero attached hydrogens (tertiary/aromatic N) is 1. The van der Waals surface area contributed by atoms with Gasteiger partial charge in [0.2, 0.25) is 6.79 Å². The number of aliphatic imine (C=N–C) groups is 1. The van der Waals surface area contributed by atoms with Gasteiger partial charge >= 0.3 is 6.61 Å². The van der Waals surface area contributed by atoms with E-state index in [2.05, 4.69) is 20.4 Å². The molecule has 0 amide bonds. The first-order valence-corrected chi connectivity index (χ1v) is 8.09. The highest BCUT2D eigenvalue weighted by atomic mass is 127. The van der Waals surface area contributed by atoms with E-state index in [0.717, 1.165) is 19.4 Å². The van der Waals surface area contributed by atoms with Crippen LogP contribution in [-0.2, 0) is 11.3 Å². The molecule has 2 aliphatic rings. The molecule has 146 valence electrons. The summed E-state index contributed by atoms with van der Waals surface area (Å²) < 4.78 is 45.9. The Labute approximate surface area is 167 Å². The van der Waals surface area contributed by atoms with Gasteiger partial charge in [0.25, 0.3) is 0 Å². The second-order valence-electron chi connectivity index (χ2n) is 5.63. The summed E-state index contributed by atoms with van der Waals surface area (Å²) in [5.74, 6) is 1.48. The SMILES string of the molecule is CN=C(NCc1cc2c(cc1OC(F)F)OCO2)NCC1CCCO1.I. The third-order valence-electron chi connectivity index (χ3n) is 3.96. The van der Waals surface area contributed by atoms with Gasteiger partial charge in [-0.1, -0.05) is 0 Å². The molecule has 2 aliphatic heterocycles. The van der Waals surface area contributed by atoms with Gasteiger partial charge in [-0.15, -0.1) is 24.0 Å². The van der Waals surface area contributed by atoms with Crippen LogP contribution in [0.3, 0.4) is 0 Å². The Morgan fingerprint density at radius 3 is 2.73 bits per heavy atom. The molecule has 26 heavy (non-hydrogen) atoms. The molecule has 3 rings (SSSR count). The van der Waals surface area contributed by atoms with Crippen LogP contribution in [0.2, 0.25) is 0 Å². The summed E-state index contributed by atoms with van der Waals surface area (Å²) >= 11 is 0. The van der Waals surface area contributed by atoms with Crippen LogP contribution in [0.1, 0.15) is 18.4 Å². The molecule has 2 N–H and O–H groups in total. The number of hydrogen-bond donors (Lipinski definition) is 2. The molecular weight excluding hydrogens is 463 g/mol. The highest BCUT2D eigenvalue weighted by Crippen LogP contribution is 2.38. The number of benzene rings is 1. The Kier molecular flexibility index (Phi) is 7.94. The molecule has 0 saturated carbocycles. The number of rotatable bonds is 6. The van der Waals surface area contributed by atoms with Crippen LogP contribution in [0.5, 0.6) is 17.2 Å². The van der Waals surface area contributed by atoms with E-state index in [1.807, 2.05) is 0 Å². The number of hydrogen-bond acceptors (Lipinski definition) is 5. The van der Waals surface area contributed by atoms with E-state index >= 15 is 0 Å². The Balaban J connectivity index is 0.00000243. The molecule has 10 heteroatoms. The lowest BCUT2D eigenvalue weighted by molar-refractivity contribution is -0.0505. The fourth-order valence-electron chi connectivity index (χ4n) is 2.72. The van der Waals surface area contributed by atoms with Crippen molar-refractivity contribution >= 4 is 29.9 Å². The Hall–Kier alpha value is -1.56. The first-order valence-electron chi connectivity index (χ1n) is 8.09. The molecule has 0 bridgehead atoms. The number of nitrogens with one attached hydrogen (secondary N) is 2. The van der Waals surface area contributed by atoms with Crippen LogP contribution in [-0.4, -0.2) is 45.7 Å².